The van der Waals surface area contributed by atoms with Crippen molar-refractivity contribution < 1.29 is 17.9 Å². The highest BCUT2D eigenvalue weighted by atomic mass is 32.2. The van der Waals surface area contributed by atoms with Gasteiger partial charge in [-0.15, -0.1) is 0 Å². The second-order valence-corrected chi connectivity index (χ2v) is 8.66. The molecule has 7 heteroatoms. The molecule has 0 unspecified atom stereocenters. The molecule has 0 saturated carbocycles. The number of hydrogen-bond acceptors (Lipinski definition) is 4. The number of sulfonamides is 1. The Morgan fingerprint density at radius 2 is 1.68 bits per heavy atom. The van der Waals surface area contributed by atoms with Gasteiger partial charge in [-0.25, -0.2) is 8.42 Å². The van der Waals surface area contributed by atoms with E-state index < -0.39 is 10.0 Å². The molecule has 2 aromatic carbocycles. The van der Waals surface area contributed by atoms with Crippen molar-refractivity contribution in [3.8, 4) is 0 Å². The molecule has 0 spiro atoms. The van der Waals surface area contributed by atoms with E-state index in [1.54, 1.807) is 12.1 Å². The zero-order chi connectivity index (χ0) is 20.0. The number of benzene rings is 2. The molecule has 1 fully saturated rings. The molecule has 6 nitrogen and oxygen atoms in total. The Balaban J connectivity index is 1.64. The molecular formula is C21H26N2O4S. The second kappa shape index (κ2) is 9.32. The van der Waals surface area contributed by atoms with Crippen molar-refractivity contribution in [3.63, 3.8) is 0 Å². The van der Waals surface area contributed by atoms with Gasteiger partial charge in [0.15, 0.2) is 0 Å². The van der Waals surface area contributed by atoms with E-state index in [4.69, 9.17) is 4.74 Å². The van der Waals surface area contributed by atoms with Gasteiger partial charge in [-0.05, 0) is 55.2 Å². The lowest BCUT2D eigenvalue weighted by Crippen LogP contribution is -2.28. The monoisotopic (exact) mass is 402 g/mol. The molecule has 1 heterocycles. The minimum absolute atomic E-state index is 0.230. The summed E-state index contributed by atoms with van der Waals surface area (Å²) in [6.45, 7) is 4.59. The van der Waals surface area contributed by atoms with Crippen molar-refractivity contribution in [2.24, 2.45) is 0 Å². The van der Waals surface area contributed by atoms with Crippen molar-refractivity contribution in [2.75, 3.05) is 19.7 Å². The summed E-state index contributed by atoms with van der Waals surface area (Å²) in [5, 5.41) is 2.89. The van der Waals surface area contributed by atoms with Crippen LogP contribution < -0.4 is 5.32 Å². The number of nitrogens with one attached hydrogen (secondary N) is 1. The van der Waals surface area contributed by atoms with Crippen LogP contribution in [0.2, 0.25) is 0 Å². The van der Waals surface area contributed by atoms with Crippen LogP contribution in [0.15, 0.2) is 53.4 Å². The molecule has 1 saturated heterocycles. The lowest BCUT2D eigenvalue weighted by Gasteiger charge is -2.15. The Labute approximate surface area is 166 Å². The van der Waals surface area contributed by atoms with Gasteiger partial charge in [-0.2, -0.15) is 4.31 Å². The van der Waals surface area contributed by atoms with Gasteiger partial charge in [0.2, 0.25) is 10.0 Å². The number of carbonyl (C=O) groups excluding carboxylic acids is 1. The van der Waals surface area contributed by atoms with E-state index in [2.05, 4.69) is 5.32 Å². The summed E-state index contributed by atoms with van der Waals surface area (Å²) in [7, 11) is -3.46. The van der Waals surface area contributed by atoms with E-state index in [1.165, 1.54) is 16.4 Å². The molecule has 2 aromatic rings. The highest BCUT2D eigenvalue weighted by Crippen LogP contribution is 2.21. The predicted molar refractivity (Wildman–Crippen MR) is 107 cm³/mol. The fourth-order valence-electron chi connectivity index (χ4n) is 3.22. The largest absolute Gasteiger partial charge is 0.377 e. The summed E-state index contributed by atoms with van der Waals surface area (Å²) in [4.78, 5) is 12.7. The molecule has 28 heavy (non-hydrogen) atoms. The van der Waals surface area contributed by atoms with E-state index in [9.17, 15) is 13.2 Å². The van der Waals surface area contributed by atoms with E-state index in [-0.39, 0.29) is 10.8 Å². The van der Waals surface area contributed by atoms with Gasteiger partial charge in [0.1, 0.15) is 0 Å². The maximum absolute atomic E-state index is 12.6. The average molecular weight is 403 g/mol. The van der Waals surface area contributed by atoms with Crippen LogP contribution in [-0.4, -0.2) is 38.3 Å². The van der Waals surface area contributed by atoms with Gasteiger partial charge in [0.05, 0.1) is 11.5 Å². The smallest absolute Gasteiger partial charge is 0.251 e. The third-order valence-corrected chi connectivity index (χ3v) is 6.75. The topological polar surface area (TPSA) is 75.7 Å². The van der Waals surface area contributed by atoms with Gasteiger partial charge >= 0.3 is 0 Å². The molecule has 0 bridgehead atoms. The van der Waals surface area contributed by atoms with Crippen LogP contribution in [0.25, 0.3) is 0 Å². The van der Waals surface area contributed by atoms with Crippen molar-refractivity contribution in [3.05, 3.63) is 65.2 Å². The first-order valence-electron chi connectivity index (χ1n) is 9.55. The minimum atomic E-state index is -3.46. The Bertz CT molecular complexity index is 904. The third-order valence-electron chi connectivity index (χ3n) is 4.84. The first-order valence-corrected chi connectivity index (χ1v) is 11.0. The molecule has 1 aliphatic heterocycles. The Morgan fingerprint density at radius 1 is 1.04 bits per heavy atom. The molecule has 0 aromatic heterocycles. The highest BCUT2D eigenvalue weighted by Gasteiger charge is 2.27. The van der Waals surface area contributed by atoms with E-state index >= 15 is 0 Å². The maximum Gasteiger partial charge on any atom is 0.251 e. The van der Waals surface area contributed by atoms with Crippen molar-refractivity contribution >= 4 is 15.9 Å². The van der Waals surface area contributed by atoms with Crippen molar-refractivity contribution in [2.45, 2.75) is 37.8 Å². The van der Waals surface area contributed by atoms with Crippen LogP contribution in [0.3, 0.4) is 0 Å². The number of nitrogens with zero attached hydrogens (tertiary/aromatic N) is 1. The molecule has 0 radical (unpaired) electrons. The molecule has 1 amide bonds. The molecule has 0 aliphatic carbocycles. The summed E-state index contributed by atoms with van der Waals surface area (Å²) in [6, 6.07) is 13.9. The predicted octanol–water partition coefficient (Wildman–Crippen LogP) is 2.94. The first kappa shape index (κ1) is 20.5. The molecular weight excluding hydrogens is 376 g/mol. The van der Waals surface area contributed by atoms with Crippen molar-refractivity contribution in [1.82, 2.24) is 9.62 Å². The van der Waals surface area contributed by atoms with Gasteiger partial charge in [0, 0.05) is 31.8 Å². The zero-order valence-corrected chi connectivity index (χ0v) is 16.9. The van der Waals surface area contributed by atoms with Gasteiger partial charge in [0.25, 0.3) is 5.91 Å². The van der Waals surface area contributed by atoms with E-state index in [0.29, 0.717) is 38.4 Å². The fraction of sp³-hybridized carbons (Fsp3) is 0.381. The summed E-state index contributed by atoms with van der Waals surface area (Å²) in [6.07, 6.45) is 1.79. The van der Waals surface area contributed by atoms with Crippen LogP contribution >= 0.6 is 0 Å². The zero-order valence-electron chi connectivity index (χ0n) is 16.1. The maximum atomic E-state index is 12.6. The molecule has 1 N–H and O–H groups in total. The summed E-state index contributed by atoms with van der Waals surface area (Å²) in [5.41, 5.74) is 2.47. The van der Waals surface area contributed by atoms with Crippen molar-refractivity contribution in [1.29, 1.82) is 0 Å². The molecule has 1 aliphatic rings. The van der Waals surface area contributed by atoms with Crippen LogP contribution in [0.4, 0.5) is 0 Å². The van der Waals surface area contributed by atoms with Crippen LogP contribution in [-0.2, 0) is 27.9 Å². The number of amides is 1. The Hall–Kier alpha value is -2.22. The summed E-state index contributed by atoms with van der Waals surface area (Å²) in [5.74, 6) is -0.240. The molecule has 3 rings (SSSR count). The van der Waals surface area contributed by atoms with Crippen LogP contribution in [0, 0.1) is 0 Å². The van der Waals surface area contributed by atoms with Crippen LogP contribution in [0.5, 0.6) is 0 Å². The second-order valence-electron chi connectivity index (χ2n) is 6.72. The number of ether oxygens (including phenoxy) is 1. The lowest BCUT2D eigenvalue weighted by atomic mass is 10.1. The average Bonchev–Trinajstić information content (AvgIpc) is 3.27. The number of carbonyl (C=O) groups is 1. The fourth-order valence-corrected chi connectivity index (χ4v) is 4.73. The summed E-state index contributed by atoms with van der Waals surface area (Å²) >= 11 is 0. The van der Waals surface area contributed by atoms with Gasteiger partial charge < -0.3 is 10.1 Å². The van der Waals surface area contributed by atoms with E-state index in [0.717, 1.165) is 24.0 Å². The quantitative estimate of drug-likeness (QED) is 0.737. The third kappa shape index (κ3) is 4.79. The Morgan fingerprint density at radius 3 is 2.32 bits per heavy atom. The number of rotatable bonds is 8. The van der Waals surface area contributed by atoms with Gasteiger partial charge in [-0.1, -0.05) is 24.3 Å². The van der Waals surface area contributed by atoms with E-state index in [1.807, 2.05) is 31.2 Å². The molecule has 150 valence electrons. The number of hydrogen-bond donors (Lipinski definition) is 1. The lowest BCUT2D eigenvalue weighted by molar-refractivity contribution is 0.0949. The highest BCUT2D eigenvalue weighted by molar-refractivity contribution is 7.89. The minimum Gasteiger partial charge on any atom is -0.377 e. The Kier molecular flexibility index (Phi) is 6.83. The standard InChI is InChI=1S/C21H26N2O4S/c1-2-27-16-19-8-4-3-7-18(19)15-22-21(24)17-9-11-20(12-10-17)28(25,26)23-13-5-6-14-23/h3-4,7-12H,2,5-6,13-16H2,1H3,(H,22,24). The van der Waals surface area contributed by atoms with Crippen LogP contribution in [0.1, 0.15) is 41.3 Å². The molecule has 0 atom stereocenters. The first-order chi connectivity index (χ1) is 13.5. The normalized spacial score (nSPS) is 14.9. The SMILES string of the molecule is CCOCc1ccccc1CNC(=O)c1ccc(S(=O)(=O)N2CCCC2)cc1. The van der Waals surface area contributed by atoms with Gasteiger partial charge in [-0.3, -0.25) is 4.79 Å². The summed E-state index contributed by atoms with van der Waals surface area (Å²) < 4.78 is 32.1.